The van der Waals surface area contributed by atoms with E-state index in [-0.39, 0.29) is 25.7 Å². The number of rotatable bonds is 9. The predicted octanol–water partition coefficient (Wildman–Crippen LogP) is 4.16. The van der Waals surface area contributed by atoms with Crippen molar-refractivity contribution in [3.8, 4) is 0 Å². The van der Waals surface area contributed by atoms with E-state index in [9.17, 15) is 9.36 Å². The molecule has 7 heteroatoms. The lowest BCUT2D eigenvalue weighted by Gasteiger charge is -2.29. The molecule has 130 valence electrons. The third-order valence-electron chi connectivity index (χ3n) is 3.07. The van der Waals surface area contributed by atoms with Gasteiger partial charge in [0.05, 0.1) is 13.2 Å². The molecule has 1 unspecified atom stereocenters. The minimum Gasteiger partial charge on any atom is -0.445 e. The summed E-state index contributed by atoms with van der Waals surface area (Å²) in [6.07, 6.45) is -0.646. The highest BCUT2D eigenvalue weighted by molar-refractivity contribution is 7.54. The van der Waals surface area contributed by atoms with Crippen LogP contribution in [-0.4, -0.2) is 25.1 Å². The summed E-state index contributed by atoms with van der Waals surface area (Å²) < 4.78 is 28.7. The van der Waals surface area contributed by atoms with Gasteiger partial charge in [0.15, 0.2) is 0 Å². The van der Waals surface area contributed by atoms with Crippen molar-refractivity contribution in [2.24, 2.45) is 5.92 Å². The largest absolute Gasteiger partial charge is 0.445 e. The molecule has 0 saturated heterocycles. The standard InChI is InChI=1S/C16H26NO5P/c1-5-21-23(19,22-6-2)15(13(3)4)17-16(18)20-12-14-10-8-7-9-11-14/h7-11,13,15H,5-6,12H2,1-4H3,(H,17,18). The highest BCUT2D eigenvalue weighted by atomic mass is 31.2. The summed E-state index contributed by atoms with van der Waals surface area (Å²) in [6, 6.07) is 9.34. The van der Waals surface area contributed by atoms with Gasteiger partial charge in [0.25, 0.3) is 0 Å². The third kappa shape index (κ3) is 6.34. The van der Waals surface area contributed by atoms with E-state index in [0.29, 0.717) is 0 Å². The molecule has 0 fully saturated rings. The number of benzene rings is 1. The first-order valence-corrected chi connectivity index (χ1v) is 9.40. The maximum atomic E-state index is 12.8. The molecule has 0 heterocycles. The van der Waals surface area contributed by atoms with Crippen LogP contribution in [0.5, 0.6) is 0 Å². The van der Waals surface area contributed by atoms with Gasteiger partial charge in [-0.15, -0.1) is 0 Å². The van der Waals surface area contributed by atoms with Crippen molar-refractivity contribution in [2.45, 2.75) is 40.1 Å². The zero-order valence-corrected chi connectivity index (χ0v) is 15.0. The summed E-state index contributed by atoms with van der Waals surface area (Å²) in [7, 11) is -3.45. The Morgan fingerprint density at radius 1 is 1.13 bits per heavy atom. The van der Waals surface area contributed by atoms with Crippen LogP contribution in [0.3, 0.4) is 0 Å². The smallest absolute Gasteiger partial charge is 0.408 e. The van der Waals surface area contributed by atoms with Gasteiger partial charge < -0.3 is 19.1 Å². The van der Waals surface area contributed by atoms with E-state index in [0.717, 1.165) is 5.56 Å². The summed E-state index contributed by atoms with van der Waals surface area (Å²) in [5.41, 5.74) is 0.876. The van der Waals surface area contributed by atoms with Crippen LogP contribution in [0.25, 0.3) is 0 Å². The molecular formula is C16H26NO5P. The Bertz CT molecular complexity index is 510. The molecule has 0 bridgehead atoms. The number of ether oxygens (including phenoxy) is 1. The topological polar surface area (TPSA) is 73.9 Å². The van der Waals surface area contributed by atoms with E-state index in [2.05, 4.69) is 5.32 Å². The first-order chi connectivity index (χ1) is 10.9. The van der Waals surface area contributed by atoms with Gasteiger partial charge >= 0.3 is 13.7 Å². The van der Waals surface area contributed by atoms with Crippen LogP contribution in [0, 0.1) is 5.92 Å². The summed E-state index contributed by atoms with van der Waals surface area (Å²) in [5.74, 6) is -0.895. The maximum Gasteiger partial charge on any atom is 0.408 e. The molecule has 6 nitrogen and oxygen atoms in total. The van der Waals surface area contributed by atoms with E-state index >= 15 is 0 Å². The van der Waals surface area contributed by atoms with Crippen LogP contribution in [0.15, 0.2) is 30.3 Å². The number of alkyl carbamates (subject to hydrolysis) is 1. The van der Waals surface area contributed by atoms with E-state index in [4.69, 9.17) is 13.8 Å². The normalized spacial score (nSPS) is 12.9. The van der Waals surface area contributed by atoms with Gasteiger partial charge in [-0.1, -0.05) is 44.2 Å². The quantitative estimate of drug-likeness (QED) is 0.682. The minimum atomic E-state index is -3.45. The highest BCUT2D eigenvalue weighted by Gasteiger charge is 2.39. The first kappa shape index (κ1) is 19.7. The van der Waals surface area contributed by atoms with Crippen molar-refractivity contribution in [3.63, 3.8) is 0 Å². The SMILES string of the molecule is CCOP(=O)(OCC)C(NC(=O)OCc1ccccc1)C(C)C. The van der Waals surface area contributed by atoms with Crippen LogP contribution >= 0.6 is 7.60 Å². The van der Waals surface area contributed by atoms with Gasteiger partial charge in [-0.2, -0.15) is 0 Å². The molecule has 0 radical (unpaired) electrons. The second-order valence-electron chi connectivity index (χ2n) is 5.27. The van der Waals surface area contributed by atoms with Gasteiger partial charge in [-0.3, -0.25) is 4.57 Å². The van der Waals surface area contributed by atoms with Crippen molar-refractivity contribution in [3.05, 3.63) is 35.9 Å². The fraction of sp³-hybridized carbons (Fsp3) is 0.562. The van der Waals surface area contributed by atoms with E-state index in [1.807, 2.05) is 44.2 Å². The molecule has 23 heavy (non-hydrogen) atoms. The Labute approximate surface area is 138 Å². The Morgan fingerprint density at radius 2 is 1.70 bits per heavy atom. The Morgan fingerprint density at radius 3 is 2.17 bits per heavy atom. The van der Waals surface area contributed by atoms with Gasteiger partial charge in [-0.05, 0) is 25.3 Å². The van der Waals surface area contributed by atoms with Crippen molar-refractivity contribution < 1.29 is 23.1 Å². The number of carbonyl (C=O) groups is 1. The number of hydrogen-bond donors (Lipinski definition) is 1. The lowest BCUT2D eigenvalue weighted by atomic mass is 10.2. The van der Waals surface area contributed by atoms with Crippen molar-refractivity contribution in [1.82, 2.24) is 5.32 Å². The second kappa shape index (κ2) is 9.71. The molecule has 0 aliphatic carbocycles. The van der Waals surface area contributed by atoms with Crippen LogP contribution in [0.2, 0.25) is 0 Å². The average molecular weight is 343 g/mol. The Balaban J connectivity index is 2.70. The second-order valence-corrected chi connectivity index (χ2v) is 7.42. The zero-order valence-electron chi connectivity index (χ0n) is 14.2. The maximum absolute atomic E-state index is 12.8. The number of carbonyl (C=O) groups excluding carboxylic acids is 1. The van der Waals surface area contributed by atoms with E-state index < -0.39 is 19.5 Å². The molecule has 0 aliphatic heterocycles. The molecule has 1 atom stereocenters. The minimum absolute atomic E-state index is 0.136. The monoisotopic (exact) mass is 343 g/mol. The summed E-state index contributed by atoms with van der Waals surface area (Å²) >= 11 is 0. The third-order valence-corrected chi connectivity index (χ3v) is 5.71. The van der Waals surface area contributed by atoms with Crippen LogP contribution < -0.4 is 5.32 Å². The molecule has 0 aromatic heterocycles. The van der Waals surface area contributed by atoms with Gasteiger partial charge in [0, 0.05) is 0 Å². The van der Waals surface area contributed by atoms with Crippen molar-refractivity contribution in [2.75, 3.05) is 13.2 Å². The number of hydrogen-bond acceptors (Lipinski definition) is 5. The van der Waals surface area contributed by atoms with Crippen LogP contribution in [0.1, 0.15) is 33.3 Å². The van der Waals surface area contributed by atoms with E-state index in [1.54, 1.807) is 13.8 Å². The molecular weight excluding hydrogens is 317 g/mol. The molecule has 0 aliphatic rings. The van der Waals surface area contributed by atoms with Crippen LogP contribution in [-0.2, 0) is 25.0 Å². The van der Waals surface area contributed by atoms with Crippen molar-refractivity contribution >= 4 is 13.7 Å². The Hall–Kier alpha value is -1.36. The molecule has 1 N–H and O–H groups in total. The van der Waals surface area contributed by atoms with Gasteiger partial charge in [-0.25, -0.2) is 4.79 Å². The van der Waals surface area contributed by atoms with E-state index in [1.165, 1.54) is 0 Å². The first-order valence-electron chi connectivity index (χ1n) is 7.79. The average Bonchev–Trinajstić information content (AvgIpc) is 2.51. The molecule has 1 rings (SSSR count). The highest BCUT2D eigenvalue weighted by Crippen LogP contribution is 2.54. The summed E-state index contributed by atoms with van der Waals surface area (Å²) in [4.78, 5) is 12.0. The zero-order chi connectivity index (χ0) is 17.3. The molecule has 1 aromatic carbocycles. The Kier molecular flexibility index (Phi) is 8.31. The molecule has 0 spiro atoms. The lowest BCUT2D eigenvalue weighted by Crippen LogP contribution is -2.39. The van der Waals surface area contributed by atoms with Crippen molar-refractivity contribution in [1.29, 1.82) is 0 Å². The number of nitrogens with one attached hydrogen (secondary N) is 1. The van der Waals surface area contributed by atoms with Gasteiger partial charge in [0.2, 0.25) is 0 Å². The number of amides is 1. The van der Waals surface area contributed by atoms with Crippen LogP contribution in [0.4, 0.5) is 4.79 Å². The van der Waals surface area contributed by atoms with Gasteiger partial charge in [0.1, 0.15) is 12.4 Å². The fourth-order valence-corrected chi connectivity index (χ4v) is 4.16. The summed E-state index contributed by atoms with van der Waals surface area (Å²) in [6.45, 7) is 7.76. The lowest BCUT2D eigenvalue weighted by molar-refractivity contribution is 0.131. The fourth-order valence-electron chi connectivity index (χ4n) is 2.05. The predicted molar refractivity (Wildman–Crippen MR) is 89.2 cm³/mol. The summed E-state index contributed by atoms with van der Waals surface area (Å²) in [5, 5.41) is 2.62. The molecule has 0 saturated carbocycles. The molecule has 1 amide bonds. The molecule has 1 aromatic rings.